The fraction of sp³-hybridized carbons (Fsp3) is 0.412. The lowest BCUT2D eigenvalue weighted by Gasteiger charge is -2.45. The van der Waals surface area contributed by atoms with Gasteiger partial charge in [0.2, 0.25) is 17.8 Å². The van der Waals surface area contributed by atoms with Gasteiger partial charge in [-0.1, -0.05) is 0 Å². The fourth-order valence-electron chi connectivity index (χ4n) is 3.50. The third kappa shape index (κ3) is 2.89. The van der Waals surface area contributed by atoms with Gasteiger partial charge >= 0.3 is 0 Å². The van der Waals surface area contributed by atoms with E-state index in [0.717, 1.165) is 12.2 Å². The van der Waals surface area contributed by atoms with Crippen LogP contribution in [0.2, 0.25) is 0 Å². The van der Waals surface area contributed by atoms with Gasteiger partial charge < -0.3 is 9.80 Å². The second-order valence-corrected chi connectivity index (χ2v) is 6.45. The van der Waals surface area contributed by atoms with Gasteiger partial charge in [-0.2, -0.15) is 0 Å². The predicted octanol–water partition coefficient (Wildman–Crippen LogP) is -0.248. The molecule has 25 heavy (non-hydrogen) atoms. The lowest BCUT2D eigenvalue weighted by molar-refractivity contribution is -0.158. The van der Waals surface area contributed by atoms with Crippen LogP contribution in [-0.4, -0.2) is 80.3 Å². The van der Waals surface area contributed by atoms with Gasteiger partial charge in [-0.05, 0) is 18.2 Å². The summed E-state index contributed by atoms with van der Waals surface area (Å²) < 4.78 is 1.95. The summed E-state index contributed by atoms with van der Waals surface area (Å²) in [7, 11) is 1.69. The average molecular weight is 340 g/mol. The van der Waals surface area contributed by atoms with Crippen molar-refractivity contribution in [1.82, 2.24) is 29.2 Å². The third-order valence-corrected chi connectivity index (χ3v) is 4.80. The predicted molar refractivity (Wildman–Crippen MR) is 89.8 cm³/mol. The normalized spacial score (nSPS) is 21.6. The molecule has 8 heteroatoms. The summed E-state index contributed by atoms with van der Waals surface area (Å²) >= 11 is 0. The van der Waals surface area contributed by atoms with E-state index in [0.29, 0.717) is 25.6 Å². The number of carbonyl (C=O) groups is 2. The van der Waals surface area contributed by atoms with E-state index in [9.17, 15) is 9.59 Å². The van der Waals surface area contributed by atoms with Crippen LogP contribution >= 0.6 is 0 Å². The van der Waals surface area contributed by atoms with Crippen molar-refractivity contribution in [3.05, 3.63) is 42.5 Å². The van der Waals surface area contributed by atoms with Gasteiger partial charge in [0.25, 0.3) is 0 Å². The number of hydrogen-bond acceptors (Lipinski definition) is 5. The Hall–Kier alpha value is -2.74. The molecule has 0 aromatic carbocycles. The Labute approximate surface area is 145 Å². The molecule has 2 aliphatic heterocycles. The number of amides is 2. The number of fused-ring (bicyclic) bond motifs is 1. The Bertz CT molecular complexity index is 789. The van der Waals surface area contributed by atoms with E-state index in [1.807, 2.05) is 22.9 Å². The highest BCUT2D eigenvalue weighted by molar-refractivity contribution is 5.95. The van der Waals surface area contributed by atoms with E-state index in [4.69, 9.17) is 0 Å². The number of aromatic nitrogens is 3. The highest BCUT2D eigenvalue weighted by Crippen LogP contribution is 2.19. The van der Waals surface area contributed by atoms with Crippen molar-refractivity contribution in [1.29, 1.82) is 0 Å². The van der Waals surface area contributed by atoms with E-state index >= 15 is 0 Å². The van der Waals surface area contributed by atoms with Crippen molar-refractivity contribution >= 4 is 11.8 Å². The van der Waals surface area contributed by atoms with Crippen LogP contribution in [0, 0.1) is 0 Å². The minimum atomic E-state index is -0.378. The second-order valence-electron chi connectivity index (χ2n) is 6.45. The maximum Gasteiger partial charge on any atom is 0.246 e. The molecule has 130 valence electrons. The number of likely N-dealkylation sites (N-methyl/N-ethyl adjacent to an activating group) is 1. The molecule has 1 atom stereocenters. The highest BCUT2D eigenvalue weighted by atomic mass is 16.2. The van der Waals surface area contributed by atoms with E-state index in [1.54, 1.807) is 30.4 Å². The van der Waals surface area contributed by atoms with Gasteiger partial charge in [0.05, 0.1) is 6.54 Å². The molecular weight excluding hydrogens is 320 g/mol. The first-order valence-electron chi connectivity index (χ1n) is 8.34. The van der Waals surface area contributed by atoms with Gasteiger partial charge in [-0.15, -0.1) is 0 Å². The molecule has 8 nitrogen and oxygen atoms in total. The largest absolute Gasteiger partial charge is 0.335 e. The van der Waals surface area contributed by atoms with Gasteiger partial charge in [0, 0.05) is 57.5 Å². The SMILES string of the molecule is CN1CC(=O)N2CCN(Cc3cccn3-c3ncccn3)C[C@H]2C1=O. The average Bonchev–Trinajstić information content (AvgIpc) is 3.08. The van der Waals surface area contributed by atoms with Gasteiger partial charge in [-0.3, -0.25) is 19.1 Å². The molecule has 2 aromatic heterocycles. The van der Waals surface area contributed by atoms with Gasteiger partial charge in [0.15, 0.2) is 0 Å². The number of hydrogen-bond donors (Lipinski definition) is 0. The molecule has 4 rings (SSSR count). The van der Waals surface area contributed by atoms with Crippen LogP contribution in [0.3, 0.4) is 0 Å². The Balaban J connectivity index is 1.51. The Morgan fingerprint density at radius 2 is 1.96 bits per heavy atom. The zero-order valence-electron chi connectivity index (χ0n) is 14.1. The van der Waals surface area contributed by atoms with Crippen LogP contribution in [0.15, 0.2) is 36.8 Å². The van der Waals surface area contributed by atoms with Crippen LogP contribution in [0.4, 0.5) is 0 Å². The minimum absolute atomic E-state index is 0.0195. The second kappa shape index (κ2) is 6.29. The third-order valence-electron chi connectivity index (χ3n) is 4.80. The zero-order valence-corrected chi connectivity index (χ0v) is 14.1. The van der Waals surface area contributed by atoms with Crippen LogP contribution < -0.4 is 0 Å². The maximum atomic E-state index is 12.4. The smallest absolute Gasteiger partial charge is 0.246 e. The molecule has 0 unspecified atom stereocenters. The van der Waals surface area contributed by atoms with Gasteiger partial charge in [0.1, 0.15) is 6.04 Å². The lowest BCUT2D eigenvalue weighted by Crippen LogP contribution is -2.65. The van der Waals surface area contributed by atoms with Crippen LogP contribution in [0.1, 0.15) is 5.69 Å². The first kappa shape index (κ1) is 15.8. The van der Waals surface area contributed by atoms with Crippen LogP contribution in [-0.2, 0) is 16.1 Å². The number of carbonyl (C=O) groups excluding carboxylic acids is 2. The topological polar surface area (TPSA) is 74.6 Å². The molecule has 0 bridgehead atoms. The summed E-state index contributed by atoms with van der Waals surface area (Å²) in [6.45, 7) is 2.76. The molecule has 0 N–H and O–H groups in total. The molecule has 0 spiro atoms. The summed E-state index contributed by atoms with van der Waals surface area (Å²) in [5.74, 6) is 0.684. The molecule has 2 aromatic rings. The lowest BCUT2D eigenvalue weighted by atomic mass is 10.1. The Morgan fingerprint density at radius 1 is 1.16 bits per heavy atom. The van der Waals surface area contributed by atoms with Crippen molar-refractivity contribution in [3.8, 4) is 5.95 Å². The fourth-order valence-corrected chi connectivity index (χ4v) is 3.50. The highest BCUT2D eigenvalue weighted by Gasteiger charge is 2.41. The van der Waals surface area contributed by atoms with Crippen molar-refractivity contribution in [2.45, 2.75) is 12.6 Å². The molecule has 2 saturated heterocycles. The monoisotopic (exact) mass is 340 g/mol. The number of rotatable bonds is 3. The summed E-state index contributed by atoms with van der Waals surface area (Å²) in [5, 5.41) is 0. The Kier molecular flexibility index (Phi) is 3.96. The molecule has 0 saturated carbocycles. The van der Waals surface area contributed by atoms with Crippen molar-refractivity contribution < 1.29 is 9.59 Å². The summed E-state index contributed by atoms with van der Waals surface area (Å²) in [6.07, 6.45) is 5.37. The van der Waals surface area contributed by atoms with E-state index in [-0.39, 0.29) is 24.4 Å². The molecule has 0 aliphatic carbocycles. The van der Waals surface area contributed by atoms with Crippen molar-refractivity contribution in [3.63, 3.8) is 0 Å². The summed E-state index contributed by atoms with van der Waals surface area (Å²) in [4.78, 5) is 38.6. The minimum Gasteiger partial charge on any atom is -0.335 e. The first-order valence-corrected chi connectivity index (χ1v) is 8.34. The Morgan fingerprint density at radius 3 is 2.76 bits per heavy atom. The maximum absolute atomic E-state index is 12.4. The van der Waals surface area contributed by atoms with Crippen LogP contribution in [0.5, 0.6) is 0 Å². The molecule has 0 radical (unpaired) electrons. The first-order chi connectivity index (χ1) is 12.1. The summed E-state index contributed by atoms with van der Waals surface area (Å²) in [6, 6.07) is 5.40. The molecule has 2 aliphatic rings. The van der Waals surface area contributed by atoms with Crippen LogP contribution in [0.25, 0.3) is 5.95 Å². The summed E-state index contributed by atoms with van der Waals surface area (Å²) in [5.41, 5.74) is 1.06. The van der Waals surface area contributed by atoms with Gasteiger partial charge in [-0.25, -0.2) is 9.97 Å². The molecule has 2 amide bonds. The zero-order chi connectivity index (χ0) is 17.4. The molecular formula is C17H20N6O2. The van der Waals surface area contributed by atoms with E-state index in [2.05, 4.69) is 14.9 Å². The van der Waals surface area contributed by atoms with E-state index in [1.165, 1.54) is 4.90 Å². The van der Waals surface area contributed by atoms with E-state index < -0.39 is 0 Å². The van der Waals surface area contributed by atoms with Crippen molar-refractivity contribution in [2.75, 3.05) is 33.2 Å². The molecule has 4 heterocycles. The molecule has 2 fully saturated rings. The standard InChI is InChI=1S/C17H20N6O2/c1-20-12-15(24)23-9-8-21(11-14(23)16(20)25)10-13-4-2-7-22(13)17-18-5-3-6-19-17/h2-7,14H,8-12H2,1H3/t14-/m0/s1. The quantitative estimate of drug-likeness (QED) is 0.770. The number of piperazine rings is 2. The van der Waals surface area contributed by atoms with Crippen molar-refractivity contribution in [2.24, 2.45) is 0 Å². The number of nitrogens with zero attached hydrogens (tertiary/aromatic N) is 6.